The fraction of sp³-hybridized carbons (Fsp3) is 0.412. The first-order valence-corrected chi connectivity index (χ1v) is 9.07. The zero-order valence-corrected chi connectivity index (χ0v) is 15.3. The van der Waals surface area contributed by atoms with Crippen molar-refractivity contribution in [3.05, 3.63) is 35.5 Å². The van der Waals surface area contributed by atoms with E-state index in [0.717, 1.165) is 24.8 Å². The van der Waals surface area contributed by atoms with Gasteiger partial charge in [-0.25, -0.2) is 9.67 Å². The van der Waals surface area contributed by atoms with Gasteiger partial charge in [0.2, 0.25) is 0 Å². The molecule has 1 saturated heterocycles. The zero-order valence-electron chi connectivity index (χ0n) is 13.7. The molecular formula is C17H16BrF3N4O. The summed E-state index contributed by atoms with van der Waals surface area (Å²) in [5.41, 5.74) is 1.87. The van der Waals surface area contributed by atoms with Crippen LogP contribution >= 0.6 is 15.9 Å². The van der Waals surface area contributed by atoms with Crippen molar-refractivity contribution in [1.29, 1.82) is 0 Å². The number of fused-ring (bicyclic) bond motifs is 1. The highest BCUT2D eigenvalue weighted by Crippen LogP contribution is 2.34. The second-order valence-electron chi connectivity index (χ2n) is 6.34. The summed E-state index contributed by atoms with van der Waals surface area (Å²) in [5.74, 6) is 0. The third-order valence-corrected chi connectivity index (χ3v) is 4.88. The summed E-state index contributed by atoms with van der Waals surface area (Å²) in [6.45, 7) is -0.365. The number of hydrogen-bond acceptors (Lipinski definition) is 3. The summed E-state index contributed by atoms with van der Waals surface area (Å²) in [4.78, 5) is 4.07. The van der Waals surface area contributed by atoms with Gasteiger partial charge >= 0.3 is 6.18 Å². The average molecular weight is 429 g/mol. The van der Waals surface area contributed by atoms with Gasteiger partial charge in [-0.2, -0.15) is 18.3 Å². The normalized spacial score (nSPS) is 18.5. The van der Waals surface area contributed by atoms with Crippen LogP contribution in [0.15, 0.2) is 35.5 Å². The third kappa shape index (κ3) is 3.50. The van der Waals surface area contributed by atoms with Gasteiger partial charge in [0.05, 0.1) is 17.9 Å². The van der Waals surface area contributed by atoms with E-state index >= 15 is 0 Å². The molecule has 0 radical (unpaired) electrons. The molecule has 5 nitrogen and oxygen atoms in total. The first-order chi connectivity index (χ1) is 12.4. The van der Waals surface area contributed by atoms with Crippen LogP contribution in [-0.2, 0) is 11.3 Å². The van der Waals surface area contributed by atoms with Crippen LogP contribution in [0, 0.1) is 0 Å². The van der Waals surface area contributed by atoms with Gasteiger partial charge in [-0.1, -0.05) is 0 Å². The Morgan fingerprint density at radius 3 is 2.81 bits per heavy atom. The van der Waals surface area contributed by atoms with E-state index in [1.54, 1.807) is 16.9 Å². The molecule has 0 saturated carbocycles. The SMILES string of the molecule is FC(F)(F)Cn1cc(-c2cnn(C3CCCCO3)c2)c2cc(Br)ncc21. The molecule has 9 heteroatoms. The van der Waals surface area contributed by atoms with Crippen molar-refractivity contribution in [1.82, 2.24) is 19.3 Å². The number of hydrogen-bond donors (Lipinski definition) is 0. The molecule has 0 aromatic carbocycles. The molecule has 1 unspecified atom stereocenters. The lowest BCUT2D eigenvalue weighted by Gasteiger charge is -2.22. The Balaban J connectivity index is 1.76. The highest BCUT2D eigenvalue weighted by atomic mass is 79.9. The number of aromatic nitrogens is 4. The molecule has 0 N–H and O–H groups in total. The van der Waals surface area contributed by atoms with E-state index in [4.69, 9.17) is 4.74 Å². The molecule has 3 aromatic rings. The van der Waals surface area contributed by atoms with E-state index < -0.39 is 12.7 Å². The molecule has 138 valence electrons. The molecule has 1 fully saturated rings. The predicted molar refractivity (Wildman–Crippen MR) is 93.5 cm³/mol. The monoisotopic (exact) mass is 428 g/mol. The third-order valence-electron chi connectivity index (χ3n) is 4.45. The van der Waals surface area contributed by atoms with E-state index in [1.165, 1.54) is 17.0 Å². The molecule has 1 atom stereocenters. The predicted octanol–water partition coefficient (Wildman–Crippen LogP) is 4.92. The standard InChI is InChI=1S/C17H16BrF3N4O/c18-15-5-12-13(9-24(10-17(19,20)21)14(12)7-22-15)11-6-23-25(8-11)16-3-1-2-4-26-16/h5-9,16H,1-4,10H2. The van der Waals surface area contributed by atoms with Gasteiger partial charge in [0.1, 0.15) is 17.4 Å². The zero-order chi connectivity index (χ0) is 18.3. The number of alkyl halides is 3. The van der Waals surface area contributed by atoms with Crippen LogP contribution in [0.2, 0.25) is 0 Å². The lowest BCUT2D eigenvalue weighted by Crippen LogP contribution is -2.18. The van der Waals surface area contributed by atoms with Crippen molar-refractivity contribution in [2.75, 3.05) is 6.61 Å². The summed E-state index contributed by atoms with van der Waals surface area (Å²) in [6.07, 6.45) is 5.02. The quantitative estimate of drug-likeness (QED) is 0.555. The number of rotatable bonds is 3. The fourth-order valence-corrected chi connectivity index (χ4v) is 3.61. The van der Waals surface area contributed by atoms with Crippen molar-refractivity contribution in [3.63, 3.8) is 0 Å². The first-order valence-electron chi connectivity index (χ1n) is 8.28. The van der Waals surface area contributed by atoms with E-state index in [0.29, 0.717) is 27.7 Å². The Hall–Kier alpha value is -1.87. The molecular weight excluding hydrogens is 413 g/mol. The molecule has 0 aliphatic carbocycles. The van der Waals surface area contributed by atoms with Crippen molar-refractivity contribution >= 4 is 26.8 Å². The van der Waals surface area contributed by atoms with Crippen molar-refractivity contribution < 1.29 is 17.9 Å². The lowest BCUT2D eigenvalue weighted by molar-refractivity contribution is -0.139. The topological polar surface area (TPSA) is 44.9 Å². The highest BCUT2D eigenvalue weighted by molar-refractivity contribution is 9.10. The minimum atomic E-state index is -4.31. The number of nitrogens with zero attached hydrogens (tertiary/aromatic N) is 4. The molecule has 0 spiro atoms. The van der Waals surface area contributed by atoms with Crippen LogP contribution in [0.3, 0.4) is 0 Å². The minimum Gasteiger partial charge on any atom is -0.357 e. The Kier molecular flexibility index (Phi) is 4.52. The average Bonchev–Trinajstić information content (AvgIpc) is 3.19. The maximum atomic E-state index is 12.9. The Morgan fingerprint density at radius 2 is 2.08 bits per heavy atom. The van der Waals surface area contributed by atoms with Crippen molar-refractivity contribution in [2.45, 2.75) is 38.2 Å². The Morgan fingerprint density at radius 1 is 1.23 bits per heavy atom. The fourth-order valence-electron chi connectivity index (χ4n) is 3.28. The molecule has 0 bridgehead atoms. The van der Waals surface area contributed by atoms with Gasteiger partial charge in [0.15, 0.2) is 0 Å². The second-order valence-corrected chi connectivity index (χ2v) is 7.15. The van der Waals surface area contributed by atoms with Gasteiger partial charge in [0, 0.05) is 35.5 Å². The van der Waals surface area contributed by atoms with Crippen molar-refractivity contribution in [3.8, 4) is 11.1 Å². The lowest BCUT2D eigenvalue weighted by atomic mass is 10.1. The molecule has 4 rings (SSSR count). The van der Waals surface area contributed by atoms with Crippen LogP contribution in [0.25, 0.3) is 22.0 Å². The summed E-state index contributed by atoms with van der Waals surface area (Å²) in [7, 11) is 0. The molecule has 3 aromatic heterocycles. The summed E-state index contributed by atoms with van der Waals surface area (Å²) in [5, 5.41) is 5.06. The van der Waals surface area contributed by atoms with Crippen molar-refractivity contribution in [2.24, 2.45) is 0 Å². The largest absolute Gasteiger partial charge is 0.406 e. The Bertz CT molecular complexity index is 928. The maximum Gasteiger partial charge on any atom is 0.406 e. The first kappa shape index (κ1) is 17.5. The van der Waals surface area contributed by atoms with Crippen LogP contribution < -0.4 is 0 Å². The minimum absolute atomic E-state index is 0.116. The summed E-state index contributed by atoms with van der Waals surface area (Å²) >= 11 is 3.29. The highest BCUT2D eigenvalue weighted by Gasteiger charge is 2.29. The van der Waals surface area contributed by atoms with Gasteiger partial charge < -0.3 is 9.30 Å². The Labute approximate surface area is 155 Å². The van der Waals surface area contributed by atoms with Crippen LogP contribution in [0.4, 0.5) is 13.2 Å². The number of pyridine rings is 1. The molecule has 26 heavy (non-hydrogen) atoms. The van der Waals surface area contributed by atoms with E-state index in [9.17, 15) is 13.2 Å². The van der Waals surface area contributed by atoms with Crippen LogP contribution in [0.5, 0.6) is 0 Å². The van der Waals surface area contributed by atoms with Crippen LogP contribution in [0.1, 0.15) is 25.5 Å². The number of halogens is 4. The maximum absolute atomic E-state index is 12.9. The van der Waals surface area contributed by atoms with Gasteiger partial charge in [-0.05, 0) is 41.3 Å². The van der Waals surface area contributed by atoms with Crippen LogP contribution in [-0.4, -0.2) is 32.1 Å². The van der Waals surface area contributed by atoms with E-state index in [2.05, 4.69) is 26.0 Å². The summed E-state index contributed by atoms with van der Waals surface area (Å²) in [6, 6.07) is 1.73. The molecule has 1 aliphatic rings. The van der Waals surface area contributed by atoms with E-state index in [-0.39, 0.29) is 6.23 Å². The second kappa shape index (κ2) is 6.70. The molecule has 0 amide bonds. The smallest absolute Gasteiger partial charge is 0.357 e. The number of ether oxygens (including phenoxy) is 1. The van der Waals surface area contributed by atoms with Gasteiger partial charge in [0.25, 0.3) is 0 Å². The molecule has 4 heterocycles. The van der Waals surface area contributed by atoms with E-state index in [1.807, 2.05) is 6.20 Å². The van der Waals surface area contributed by atoms with Gasteiger partial charge in [-0.15, -0.1) is 0 Å². The summed E-state index contributed by atoms with van der Waals surface area (Å²) < 4.78 is 48.0. The van der Waals surface area contributed by atoms with Gasteiger partial charge in [-0.3, -0.25) is 0 Å². The molecule has 1 aliphatic heterocycles.